The molecule has 0 saturated carbocycles. The second kappa shape index (κ2) is 8.54. The second-order valence-corrected chi connectivity index (χ2v) is 6.26. The average Bonchev–Trinajstić information content (AvgIpc) is 2.44. The number of nitrogens with one attached hydrogen (secondary N) is 1. The van der Waals surface area contributed by atoms with E-state index in [1.165, 1.54) is 7.11 Å². The van der Waals surface area contributed by atoms with Crippen molar-refractivity contribution in [1.82, 2.24) is 5.32 Å². The predicted molar refractivity (Wildman–Crippen MR) is 85.4 cm³/mol. The molecule has 0 radical (unpaired) electrons. The van der Waals surface area contributed by atoms with Crippen LogP contribution in [0.2, 0.25) is 5.02 Å². The van der Waals surface area contributed by atoms with E-state index in [0.717, 1.165) is 10.2 Å². The molecule has 1 N–H and O–H groups in total. The van der Waals surface area contributed by atoms with Crippen LogP contribution in [0.15, 0.2) is 22.7 Å². The summed E-state index contributed by atoms with van der Waals surface area (Å²) < 4.78 is 5.44. The Morgan fingerprint density at radius 1 is 1.50 bits per heavy atom. The van der Waals surface area contributed by atoms with Gasteiger partial charge in [0.2, 0.25) is 0 Å². The summed E-state index contributed by atoms with van der Waals surface area (Å²) in [5.74, 6) is -0.113. The highest BCUT2D eigenvalue weighted by molar-refractivity contribution is 9.10. The first kappa shape index (κ1) is 17.3. The molecule has 0 aliphatic heterocycles. The minimum absolute atomic E-state index is 0.319. The van der Waals surface area contributed by atoms with Gasteiger partial charge in [-0.05, 0) is 36.6 Å². The normalized spacial score (nSPS) is 11.8. The van der Waals surface area contributed by atoms with Gasteiger partial charge in [-0.15, -0.1) is 0 Å². The summed E-state index contributed by atoms with van der Waals surface area (Å²) >= 11 is 10.9. The minimum atomic E-state index is -0.671. The Kier molecular flexibility index (Phi) is 7.40. The zero-order valence-electron chi connectivity index (χ0n) is 11.1. The number of thioether (sulfide) groups is 1. The summed E-state index contributed by atoms with van der Waals surface area (Å²) in [5, 5.41) is 2.99. The third kappa shape index (κ3) is 5.00. The summed E-state index contributed by atoms with van der Waals surface area (Å²) in [6.07, 6.45) is 2.44. The fourth-order valence-corrected chi connectivity index (χ4v) is 2.57. The number of amides is 1. The van der Waals surface area contributed by atoms with E-state index in [0.29, 0.717) is 17.0 Å². The Hall–Kier alpha value is -0.720. The molecule has 1 atom stereocenters. The Labute approximate surface area is 135 Å². The fourth-order valence-electron chi connectivity index (χ4n) is 1.53. The van der Waals surface area contributed by atoms with Gasteiger partial charge in [0.25, 0.3) is 5.91 Å². The number of rotatable bonds is 6. The topological polar surface area (TPSA) is 55.4 Å². The molecular formula is C13H15BrClNO3S. The van der Waals surface area contributed by atoms with Crippen LogP contribution >= 0.6 is 39.3 Å². The summed E-state index contributed by atoms with van der Waals surface area (Å²) in [7, 11) is 1.30. The van der Waals surface area contributed by atoms with Gasteiger partial charge in [0, 0.05) is 4.47 Å². The van der Waals surface area contributed by atoms with Crippen LogP contribution in [0.25, 0.3) is 0 Å². The van der Waals surface area contributed by atoms with Gasteiger partial charge < -0.3 is 10.1 Å². The number of esters is 1. The molecule has 110 valence electrons. The van der Waals surface area contributed by atoms with Crippen LogP contribution in [0.4, 0.5) is 0 Å². The number of ether oxygens (including phenoxy) is 1. The number of carbonyl (C=O) groups is 2. The minimum Gasteiger partial charge on any atom is -0.467 e. The SMILES string of the molecule is COC(=O)[C@@H](CCSC)NC(=O)c1cc(Br)ccc1Cl. The number of carbonyl (C=O) groups excluding carboxylic acids is 2. The zero-order valence-corrected chi connectivity index (χ0v) is 14.3. The van der Waals surface area contributed by atoms with Gasteiger partial charge in [-0.3, -0.25) is 4.79 Å². The molecule has 4 nitrogen and oxygen atoms in total. The van der Waals surface area contributed by atoms with E-state index in [2.05, 4.69) is 21.2 Å². The van der Waals surface area contributed by atoms with Crippen molar-refractivity contribution < 1.29 is 14.3 Å². The van der Waals surface area contributed by atoms with Gasteiger partial charge in [-0.1, -0.05) is 27.5 Å². The molecule has 0 heterocycles. The molecule has 7 heteroatoms. The Balaban J connectivity index is 2.84. The summed E-state index contributed by atoms with van der Waals surface area (Å²) in [4.78, 5) is 23.8. The lowest BCUT2D eigenvalue weighted by Crippen LogP contribution is -2.42. The van der Waals surface area contributed by atoms with E-state index < -0.39 is 17.9 Å². The van der Waals surface area contributed by atoms with E-state index in [4.69, 9.17) is 16.3 Å². The largest absolute Gasteiger partial charge is 0.467 e. The van der Waals surface area contributed by atoms with Crippen molar-refractivity contribution in [2.75, 3.05) is 19.1 Å². The van der Waals surface area contributed by atoms with E-state index in [1.807, 2.05) is 6.26 Å². The van der Waals surface area contributed by atoms with Crippen molar-refractivity contribution in [2.45, 2.75) is 12.5 Å². The van der Waals surface area contributed by atoms with E-state index in [-0.39, 0.29) is 0 Å². The van der Waals surface area contributed by atoms with Crippen LogP contribution in [-0.4, -0.2) is 37.0 Å². The molecule has 20 heavy (non-hydrogen) atoms. The summed E-state index contributed by atoms with van der Waals surface area (Å²) in [6, 6.07) is 4.30. The Bertz CT molecular complexity index is 499. The van der Waals surface area contributed by atoms with E-state index in [1.54, 1.807) is 30.0 Å². The first-order valence-corrected chi connectivity index (χ1v) is 8.38. The Morgan fingerprint density at radius 2 is 2.20 bits per heavy atom. The highest BCUT2D eigenvalue weighted by atomic mass is 79.9. The van der Waals surface area contributed by atoms with Gasteiger partial charge >= 0.3 is 5.97 Å². The first-order chi connectivity index (χ1) is 9.49. The number of methoxy groups -OCH3 is 1. The fraction of sp³-hybridized carbons (Fsp3) is 0.385. The van der Waals surface area contributed by atoms with Crippen LogP contribution in [0, 0.1) is 0 Å². The van der Waals surface area contributed by atoms with E-state index >= 15 is 0 Å². The zero-order chi connectivity index (χ0) is 15.1. The van der Waals surface area contributed by atoms with Crippen LogP contribution in [0.1, 0.15) is 16.8 Å². The molecule has 0 aromatic heterocycles. The van der Waals surface area contributed by atoms with E-state index in [9.17, 15) is 9.59 Å². The van der Waals surface area contributed by atoms with Crippen LogP contribution < -0.4 is 5.32 Å². The van der Waals surface area contributed by atoms with Crippen molar-refractivity contribution in [2.24, 2.45) is 0 Å². The van der Waals surface area contributed by atoms with Crippen molar-refractivity contribution in [3.05, 3.63) is 33.3 Å². The average molecular weight is 381 g/mol. The molecule has 0 fully saturated rings. The predicted octanol–water partition coefficient (Wildman–Crippen LogP) is 3.13. The maximum atomic E-state index is 12.2. The molecule has 0 bridgehead atoms. The van der Waals surface area contributed by atoms with Crippen molar-refractivity contribution in [3.63, 3.8) is 0 Å². The molecule has 0 aliphatic carbocycles. The highest BCUT2D eigenvalue weighted by Crippen LogP contribution is 2.21. The highest BCUT2D eigenvalue weighted by Gasteiger charge is 2.22. The van der Waals surface area contributed by atoms with Crippen molar-refractivity contribution in [1.29, 1.82) is 0 Å². The second-order valence-electron chi connectivity index (χ2n) is 3.95. The van der Waals surface area contributed by atoms with Gasteiger partial charge in [0.15, 0.2) is 0 Å². The molecular weight excluding hydrogens is 366 g/mol. The van der Waals surface area contributed by atoms with Gasteiger partial charge in [0.05, 0.1) is 17.7 Å². The third-order valence-electron chi connectivity index (χ3n) is 2.57. The van der Waals surface area contributed by atoms with Crippen LogP contribution in [0.3, 0.4) is 0 Å². The lowest BCUT2D eigenvalue weighted by molar-refractivity contribution is -0.142. The number of hydrogen-bond donors (Lipinski definition) is 1. The number of hydrogen-bond acceptors (Lipinski definition) is 4. The first-order valence-electron chi connectivity index (χ1n) is 5.82. The van der Waals surface area contributed by atoms with Crippen molar-refractivity contribution >= 4 is 51.2 Å². The Morgan fingerprint density at radius 3 is 2.80 bits per heavy atom. The van der Waals surface area contributed by atoms with Crippen molar-refractivity contribution in [3.8, 4) is 0 Å². The molecule has 1 rings (SSSR count). The lowest BCUT2D eigenvalue weighted by Gasteiger charge is -2.16. The smallest absolute Gasteiger partial charge is 0.328 e. The summed E-state index contributed by atoms with van der Waals surface area (Å²) in [6.45, 7) is 0. The quantitative estimate of drug-likeness (QED) is 0.770. The third-order valence-corrected chi connectivity index (χ3v) is 4.04. The molecule has 1 aromatic carbocycles. The maximum absolute atomic E-state index is 12.2. The molecule has 0 unspecified atom stereocenters. The maximum Gasteiger partial charge on any atom is 0.328 e. The van der Waals surface area contributed by atoms with Gasteiger partial charge in [-0.2, -0.15) is 11.8 Å². The number of halogens is 2. The molecule has 1 amide bonds. The molecule has 0 aliphatic rings. The summed E-state index contributed by atoms with van der Waals surface area (Å²) in [5.41, 5.74) is 0.319. The van der Waals surface area contributed by atoms with Gasteiger partial charge in [0.1, 0.15) is 6.04 Å². The molecule has 1 aromatic rings. The molecule has 0 saturated heterocycles. The van der Waals surface area contributed by atoms with Crippen LogP contribution in [-0.2, 0) is 9.53 Å². The standard InChI is InChI=1S/C13H15BrClNO3S/c1-19-13(18)11(5-6-20-2)16-12(17)9-7-8(14)3-4-10(9)15/h3-4,7,11H,5-6H2,1-2H3,(H,16,17)/t11-/m1/s1. The monoisotopic (exact) mass is 379 g/mol. The van der Waals surface area contributed by atoms with Gasteiger partial charge in [-0.25, -0.2) is 4.79 Å². The lowest BCUT2D eigenvalue weighted by atomic mass is 10.1. The van der Waals surface area contributed by atoms with Crippen LogP contribution in [0.5, 0.6) is 0 Å². The number of benzene rings is 1. The molecule has 0 spiro atoms.